The number of aldehydes is 2. The molecule has 12 heteroatoms. The van der Waals surface area contributed by atoms with Crippen LogP contribution in [0.4, 0.5) is 0 Å². The molecule has 8 atom stereocenters. The van der Waals surface area contributed by atoms with E-state index in [1.165, 1.54) is 0 Å². The molecule has 24 heavy (non-hydrogen) atoms. The highest BCUT2D eigenvalue weighted by molar-refractivity contribution is 5.57. The summed E-state index contributed by atoms with van der Waals surface area (Å²) in [5.41, 5.74) is 0. The normalized spacial score (nSPS) is 21.1. The maximum absolute atomic E-state index is 9.90. The Balaban J connectivity index is 0. The van der Waals surface area contributed by atoms with Crippen molar-refractivity contribution in [3.63, 3.8) is 0 Å². The van der Waals surface area contributed by atoms with Crippen LogP contribution in [-0.4, -0.2) is 126 Å². The monoisotopic (exact) mass is 360 g/mol. The Bertz CT molecular complexity index is 308. The predicted octanol–water partition coefficient (Wildman–Crippen LogP) is -6.76. The van der Waals surface area contributed by atoms with Crippen LogP contribution in [0.25, 0.3) is 0 Å². The van der Waals surface area contributed by atoms with Gasteiger partial charge in [0.2, 0.25) is 0 Å². The third-order valence-electron chi connectivity index (χ3n) is 2.84. The Labute approximate surface area is 136 Å². The molecular weight excluding hydrogens is 336 g/mol. The van der Waals surface area contributed by atoms with Gasteiger partial charge in [-0.2, -0.15) is 0 Å². The number of hydrogen-bond acceptors (Lipinski definition) is 12. The number of aliphatic hydroxyl groups excluding tert-OH is 10. The SMILES string of the molecule is O=CC(O)C(O)C(O)C(O)CO.O=C[C@H](O)[C@@H](O)[C@H](O)[C@H](O)CO. The van der Waals surface area contributed by atoms with E-state index in [-0.39, 0.29) is 12.6 Å². The molecule has 12 nitrogen and oxygen atoms in total. The quantitative estimate of drug-likeness (QED) is 0.164. The lowest BCUT2D eigenvalue weighted by molar-refractivity contribution is -0.136. The summed E-state index contributed by atoms with van der Waals surface area (Å²) >= 11 is 0. The van der Waals surface area contributed by atoms with Gasteiger partial charge in [0.1, 0.15) is 48.8 Å². The van der Waals surface area contributed by atoms with E-state index in [9.17, 15) is 9.59 Å². The first-order valence-electron chi connectivity index (χ1n) is 6.65. The molecule has 10 N–H and O–H groups in total. The van der Waals surface area contributed by atoms with Crippen molar-refractivity contribution in [3.05, 3.63) is 0 Å². The molecule has 0 bridgehead atoms. The molecule has 0 rings (SSSR count). The zero-order chi connectivity index (χ0) is 19.4. The Morgan fingerprint density at radius 3 is 0.958 bits per heavy atom. The zero-order valence-corrected chi connectivity index (χ0v) is 12.5. The predicted molar refractivity (Wildman–Crippen MR) is 74.4 cm³/mol. The maximum Gasteiger partial charge on any atom is 0.151 e. The van der Waals surface area contributed by atoms with Crippen molar-refractivity contribution in [2.75, 3.05) is 13.2 Å². The molecule has 0 aromatic heterocycles. The second-order valence-electron chi connectivity index (χ2n) is 4.72. The van der Waals surface area contributed by atoms with Crippen molar-refractivity contribution >= 4 is 12.6 Å². The van der Waals surface area contributed by atoms with Crippen molar-refractivity contribution in [2.24, 2.45) is 0 Å². The average molecular weight is 360 g/mol. The van der Waals surface area contributed by atoms with E-state index in [0.29, 0.717) is 0 Å². The second-order valence-corrected chi connectivity index (χ2v) is 4.72. The Kier molecular flexibility index (Phi) is 13.9. The molecule has 0 radical (unpaired) electrons. The van der Waals surface area contributed by atoms with E-state index in [4.69, 9.17) is 51.1 Å². The lowest BCUT2D eigenvalue weighted by atomic mass is 10.0. The molecule has 0 aliphatic rings. The molecule has 4 unspecified atom stereocenters. The summed E-state index contributed by atoms with van der Waals surface area (Å²) in [7, 11) is 0. The lowest BCUT2D eigenvalue weighted by Gasteiger charge is -2.22. The first-order chi connectivity index (χ1) is 11.1. The van der Waals surface area contributed by atoms with Gasteiger partial charge in [0, 0.05) is 0 Å². The fourth-order valence-electron chi connectivity index (χ4n) is 1.24. The van der Waals surface area contributed by atoms with Gasteiger partial charge in [-0.25, -0.2) is 0 Å². The third kappa shape index (κ3) is 8.70. The summed E-state index contributed by atoms with van der Waals surface area (Å²) < 4.78 is 0. The smallest absolute Gasteiger partial charge is 0.151 e. The molecule has 0 fully saturated rings. The lowest BCUT2D eigenvalue weighted by Crippen LogP contribution is -2.46. The maximum atomic E-state index is 9.90. The molecule has 0 aliphatic carbocycles. The van der Waals surface area contributed by atoms with Crippen LogP contribution in [-0.2, 0) is 9.59 Å². The first kappa shape index (κ1) is 25.2. The van der Waals surface area contributed by atoms with Crippen molar-refractivity contribution in [1.82, 2.24) is 0 Å². The van der Waals surface area contributed by atoms with Crippen LogP contribution in [0.2, 0.25) is 0 Å². The highest BCUT2D eigenvalue weighted by atomic mass is 16.4. The van der Waals surface area contributed by atoms with E-state index in [1.54, 1.807) is 0 Å². The van der Waals surface area contributed by atoms with Crippen molar-refractivity contribution < 1.29 is 60.7 Å². The van der Waals surface area contributed by atoms with E-state index >= 15 is 0 Å². The van der Waals surface area contributed by atoms with Crippen LogP contribution >= 0.6 is 0 Å². The number of aliphatic hydroxyl groups is 10. The minimum absolute atomic E-state index is 0.0258. The highest BCUT2D eigenvalue weighted by Crippen LogP contribution is 2.03. The van der Waals surface area contributed by atoms with Gasteiger partial charge >= 0.3 is 0 Å². The molecule has 0 amide bonds. The number of carbonyl (C=O) groups is 2. The second kappa shape index (κ2) is 13.3. The van der Waals surface area contributed by atoms with Crippen LogP contribution in [0.5, 0.6) is 0 Å². The Morgan fingerprint density at radius 1 is 0.542 bits per heavy atom. The molecule has 0 aliphatic heterocycles. The van der Waals surface area contributed by atoms with Crippen molar-refractivity contribution in [2.45, 2.75) is 48.8 Å². The molecular formula is C12H24O12. The Morgan fingerprint density at radius 2 is 0.792 bits per heavy atom. The van der Waals surface area contributed by atoms with E-state index in [0.717, 1.165) is 0 Å². The van der Waals surface area contributed by atoms with Gasteiger partial charge in [0.05, 0.1) is 13.2 Å². The van der Waals surface area contributed by atoms with Gasteiger partial charge < -0.3 is 60.7 Å². The average Bonchev–Trinajstić information content (AvgIpc) is 2.62. The molecule has 0 saturated carbocycles. The summed E-state index contributed by atoms with van der Waals surface area (Å²) in [6.45, 7) is -1.52. The van der Waals surface area contributed by atoms with Gasteiger partial charge in [-0.3, -0.25) is 0 Å². The molecule has 0 heterocycles. The fourth-order valence-corrected chi connectivity index (χ4v) is 1.24. The van der Waals surface area contributed by atoms with Gasteiger partial charge in [0.25, 0.3) is 0 Å². The van der Waals surface area contributed by atoms with E-state index < -0.39 is 62.0 Å². The van der Waals surface area contributed by atoms with Crippen LogP contribution in [0.3, 0.4) is 0 Å². The van der Waals surface area contributed by atoms with Gasteiger partial charge in [-0.05, 0) is 0 Å². The minimum atomic E-state index is -1.79. The molecule has 0 aromatic rings. The highest BCUT2D eigenvalue weighted by Gasteiger charge is 2.30. The number of carbonyl (C=O) groups excluding carboxylic acids is 2. The van der Waals surface area contributed by atoms with Gasteiger partial charge in [-0.1, -0.05) is 0 Å². The molecule has 144 valence electrons. The summed E-state index contributed by atoms with van der Waals surface area (Å²) in [5, 5.41) is 87.1. The van der Waals surface area contributed by atoms with Crippen molar-refractivity contribution in [3.8, 4) is 0 Å². The van der Waals surface area contributed by atoms with Gasteiger partial charge in [0.15, 0.2) is 12.6 Å². The number of hydrogen-bond donors (Lipinski definition) is 10. The zero-order valence-electron chi connectivity index (χ0n) is 12.5. The van der Waals surface area contributed by atoms with Crippen molar-refractivity contribution in [1.29, 1.82) is 0 Å². The van der Waals surface area contributed by atoms with Crippen LogP contribution < -0.4 is 0 Å². The first-order valence-corrected chi connectivity index (χ1v) is 6.65. The van der Waals surface area contributed by atoms with Gasteiger partial charge in [-0.15, -0.1) is 0 Å². The van der Waals surface area contributed by atoms with Crippen LogP contribution in [0.15, 0.2) is 0 Å². The van der Waals surface area contributed by atoms with E-state index in [1.807, 2.05) is 0 Å². The largest absolute Gasteiger partial charge is 0.394 e. The minimum Gasteiger partial charge on any atom is -0.394 e. The molecule has 0 saturated heterocycles. The topological polar surface area (TPSA) is 236 Å². The summed E-state index contributed by atoms with van der Waals surface area (Å²) in [4.78, 5) is 19.8. The summed E-state index contributed by atoms with van der Waals surface area (Å²) in [5.74, 6) is 0. The van der Waals surface area contributed by atoms with Crippen LogP contribution in [0.1, 0.15) is 0 Å². The van der Waals surface area contributed by atoms with Crippen LogP contribution in [0, 0.1) is 0 Å². The summed E-state index contributed by atoms with van der Waals surface area (Å²) in [6, 6.07) is 0. The Hall–Kier alpha value is -1.06. The molecule has 0 spiro atoms. The number of rotatable bonds is 10. The molecule has 0 aromatic carbocycles. The standard InChI is InChI=1S/2C6H12O6/c2*7-1-3(9)5(11)6(12)4(10)2-8/h2*1,3-6,8-12H,2H2/t3-,4+,5+,6+;/m0./s1. The van der Waals surface area contributed by atoms with E-state index in [2.05, 4.69) is 0 Å². The summed E-state index contributed by atoms with van der Waals surface area (Å²) in [6.07, 6.45) is -13.7. The third-order valence-corrected chi connectivity index (χ3v) is 2.84. The fraction of sp³-hybridized carbons (Fsp3) is 0.833.